The van der Waals surface area contributed by atoms with Gasteiger partial charge in [0, 0.05) is 16.8 Å². The lowest BCUT2D eigenvalue weighted by Crippen LogP contribution is -2.40. The van der Waals surface area contributed by atoms with Gasteiger partial charge >= 0.3 is 0 Å². The number of hydrogen-bond donors (Lipinski definition) is 2. The molecule has 1 heterocycles. The molecule has 3 heteroatoms. The average molecular weight is 210 g/mol. The number of thiophene rings is 1. The minimum Gasteiger partial charge on any atom is -0.271 e. The first-order valence-corrected chi connectivity index (χ1v) is 6.27. The van der Waals surface area contributed by atoms with E-state index < -0.39 is 0 Å². The van der Waals surface area contributed by atoms with Gasteiger partial charge < -0.3 is 0 Å². The molecule has 1 aliphatic rings. The fraction of sp³-hybridized carbons (Fsp3) is 0.636. The molecule has 2 atom stereocenters. The topological polar surface area (TPSA) is 38.0 Å². The third-order valence-electron chi connectivity index (χ3n) is 3.24. The van der Waals surface area contributed by atoms with E-state index in [9.17, 15) is 0 Å². The van der Waals surface area contributed by atoms with Crippen LogP contribution in [-0.4, -0.2) is 6.04 Å². The molecule has 78 valence electrons. The van der Waals surface area contributed by atoms with Gasteiger partial charge in [-0.3, -0.25) is 11.3 Å². The fourth-order valence-corrected chi connectivity index (χ4v) is 3.46. The van der Waals surface area contributed by atoms with Gasteiger partial charge in [0.05, 0.1) is 0 Å². The lowest BCUT2D eigenvalue weighted by atomic mass is 9.82. The van der Waals surface area contributed by atoms with Crippen LogP contribution >= 0.6 is 11.3 Å². The third-order valence-corrected chi connectivity index (χ3v) is 4.23. The largest absolute Gasteiger partial charge is 0.271 e. The molecule has 3 N–H and O–H groups in total. The smallest absolute Gasteiger partial charge is 0.0276 e. The molecule has 2 nitrogen and oxygen atoms in total. The first-order chi connectivity index (χ1) is 6.86. The lowest BCUT2D eigenvalue weighted by Gasteiger charge is -2.29. The van der Waals surface area contributed by atoms with Crippen molar-refractivity contribution in [2.75, 3.05) is 0 Å². The molecule has 2 unspecified atom stereocenters. The molecule has 14 heavy (non-hydrogen) atoms. The predicted molar refractivity (Wildman–Crippen MR) is 61.4 cm³/mol. The Labute approximate surface area is 89.5 Å². The Hall–Kier alpha value is -0.380. The first kappa shape index (κ1) is 10.1. The van der Waals surface area contributed by atoms with E-state index in [4.69, 9.17) is 5.84 Å². The number of nitrogens with two attached hydrogens (primary N) is 1. The first-order valence-electron chi connectivity index (χ1n) is 5.39. The molecule has 0 aliphatic heterocycles. The Balaban J connectivity index is 2.22. The third kappa shape index (κ3) is 1.72. The van der Waals surface area contributed by atoms with Gasteiger partial charge in [-0.15, -0.1) is 11.3 Å². The SMILES string of the molecule is CCC(NN)C1CCCc2sccc21. The summed E-state index contributed by atoms with van der Waals surface area (Å²) in [6.07, 6.45) is 4.98. The van der Waals surface area contributed by atoms with Crippen molar-refractivity contribution < 1.29 is 0 Å². The van der Waals surface area contributed by atoms with Crippen LogP contribution in [0, 0.1) is 0 Å². The van der Waals surface area contributed by atoms with Crippen LogP contribution in [0.5, 0.6) is 0 Å². The summed E-state index contributed by atoms with van der Waals surface area (Å²) in [5.41, 5.74) is 4.50. The van der Waals surface area contributed by atoms with E-state index in [1.807, 2.05) is 11.3 Å². The molecule has 0 saturated carbocycles. The van der Waals surface area contributed by atoms with Crippen molar-refractivity contribution in [3.8, 4) is 0 Å². The highest BCUT2D eigenvalue weighted by atomic mass is 32.1. The van der Waals surface area contributed by atoms with Gasteiger partial charge in [0.15, 0.2) is 0 Å². The van der Waals surface area contributed by atoms with Gasteiger partial charge in [0.1, 0.15) is 0 Å². The van der Waals surface area contributed by atoms with Crippen LogP contribution in [0.3, 0.4) is 0 Å². The van der Waals surface area contributed by atoms with E-state index in [-0.39, 0.29) is 0 Å². The molecule has 0 amide bonds. The molecule has 1 aromatic rings. The highest BCUT2D eigenvalue weighted by Gasteiger charge is 2.26. The van der Waals surface area contributed by atoms with Gasteiger partial charge in [-0.1, -0.05) is 6.92 Å². The van der Waals surface area contributed by atoms with E-state index in [0.29, 0.717) is 12.0 Å². The molecule has 0 saturated heterocycles. The highest BCUT2D eigenvalue weighted by molar-refractivity contribution is 7.10. The van der Waals surface area contributed by atoms with Crippen molar-refractivity contribution in [3.05, 3.63) is 21.9 Å². The normalized spacial score (nSPS) is 23.1. The minimum absolute atomic E-state index is 0.448. The number of hydrazine groups is 1. The molecule has 0 radical (unpaired) electrons. The summed E-state index contributed by atoms with van der Waals surface area (Å²) >= 11 is 1.90. The van der Waals surface area contributed by atoms with Crippen molar-refractivity contribution >= 4 is 11.3 Å². The number of nitrogens with one attached hydrogen (secondary N) is 1. The number of hydrogen-bond acceptors (Lipinski definition) is 3. The van der Waals surface area contributed by atoms with E-state index in [1.54, 1.807) is 10.4 Å². The molecular weight excluding hydrogens is 192 g/mol. The summed E-state index contributed by atoms with van der Waals surface area (Å²) in [4.78, 5) is 1.58. The predicted octanol–water partition coefficient (Wildman–Crippen LogP) is 2.41. The molecule has 0 aromatic carbocycles. The van der Waals surface area contributed by atoms with E-state index >= 15 is 0 Å². The molecule has 1 aromatic heterocycles. The average Bonchev–Trinajstić information content (AvgIpc) is 2.68. The molecule has 0 spiro atoms. The van der Waals surface area contributed by atoms with Crippen LogP contribution in [0.2, 0.25) is 0 Å². The van der Waals surface area contributed by atoms with E-state index in [2.05, 4.69) is 23.8 Å². The van der Waals surface area contributed by atoms with E-state index in [0.717, 1.165) is 6.42 Å². The zero-order valence-corrected chi connectivity index (χ0v) is 9.44. The highest BCUT2D eigenvalue weighted by Crippen LogP contribution is 2.37. The maximum absolute atomic E-state index is 5.59. The second-order valence-electron chi connectivity index (χ2n) is 3.98. The van der Waals surface area contributed by atoms with Crippen LogP contribution in [0.4, 0.5) is 0 Å². The lowest BCUT2D eigenvalue weighted by molar-refractivity contribution is 0.390. The molecule has 0 fully saturated rings. The second kappa shape index (κ2) is 4.43. The van der Waals surface area contributed by atoms with Crippen molar-refractivity contribution in [2.45, 2.75) is 44.6 Å². The Morgan fingerprint density at radius 3 is 3.29 bits per heavy atom. The van der Waals surface area contributed by atoms with Crippen molar-refractivity contribution in [1.29, 1.82) is 0 Å². The van der Waals surface area contributed by atoms with E-state index in [1.165, 1.54) is 19.3 Å². The molecule has 1 aliphatic carbocycles. The Morgan fingerprint density at radius 2 is 2.57 bits per heavy atom. The Bertz CT molecular complexity index is 291. The van der Waals surface area contributed by atoms with Crippen LogP contribution in [-0.2, 0) is 6.42 Å². The summed E-state index contributed by atoms with van der Waals surface area (Å²) in [6, 6.07) is 2.73. The van der Waals surface area contributed by atoms with Crippen molar-refractivity contribution in [2.24, 2.45) is 5.84 Å². The zero-order chi connectivity index (χ0) is 9.97. The Kier molecular flexibility index (Phi) is 3.21. The maximum atomic E-state index is 5.59. The van der Waals surface area contributed by atoms with Crippen LogP contribution in [0.1, 0.15) is 42.5 Å². The van der Waals surface area contributed by atoms with Crippen LogP contribution in [0.15, 0.2) is 11.4 Å². The summed E-state index contributed by atoms with van der Waals surface area (Å²) < 4.78 is 0. The Morgan fingerprint density at radius 1 is 1.71 bits per heavy atom. The molecule has 0 bridgehead atoms. The summed E-state index contributed by atoms with van der Waals surface area (Å²) in [5.74, 6) is 6.23. The monoisotopic (exact) mass is 210 g/mol. The maximum Gasteiger partial charge on any atom is 0.0276 e. The van der Waals surface area contributed by atoms with Crippen molar-refractivity contribution in [3.63, 3.8) is 0 Å². The molecular formula is C11H18N2S. The summed E-state index contributed by atoms with van der Waals surface area (Å²) in [5, 5.41) is 2.21. The molecule has 2 rings (SSSR count). The minimum atomic E-state index is 0.448. The summed E-state index contributed by atoms with van der Waals surface area (Å²) in [6.45, 7) is 2.20. The van der Waals surface area contributed by atoms with Gasteiger partial charge in [-0.2, -0.15) is 0 Å². The number of aryl methyl sites for hydroxylation is 1. The second-order valence-corrected chi connectivity index (χ2v) is 4.98. The van der Waals surface area contributed by atoms with Gasteiger partial charge in [-0.05, 0) is 42.7 Å². The van der Waals surface area contributed by atoms with Gasteiger partial charge in [-0.25, -0.2) is 0 Å². The standard InChI is InChI=1S/C11H18N2S/c1-2-10(13-12)8-4-3-5-11-9(8)6-7-14-11/h6-8,10,13H,2-5,12H2,1H3. The van der Waals surface area contributed by atoms with Gasteiger partial charge in [0.2, 0.25) is 0 Å². The summed E-state index contributed by atoms with van der Waals surface area (Å²) in [7, 11) is 0. The van der Waals surface area contributed by atoms with Crippen LogP contribution in [0.25, 0.3) is 0 Å². The number of fused-ring (bicyclic) bond motifs is 1. The van der Waals surface area contributed by atoms with Gasteiger partial charge in [0.25, 0.3) is 0 Å². The van der Waals surface area contributed by atoms with Crippen LogP contribution < -0.4 is 11.3 Å². The van der Waals surface area contributed by atoms with Crippen molar-refractivity contribution in [1.82, 2.24) is 5.43 Å². The zero-order valence-electron chi connectivity index (χ0n) is 8.62. The fourth-order valence-electron chi connectivity index (χ4n) is 2.46. The number of rotatable bonds is 3. The quantitative estimate of drug-likeness (QED) is 0.594.